The molecular formula is C33H43F2N9O3S. The van der Waals surface area contributed by atoms with Gasteiger partial charge >= 0.3 is 6.61 Å². The van der Waals surface area contributed by atoms with E-state index in [4.69, 9.17) is 5.10 Å². The highest BCUT2D eigenvalue weighted by Gasteiger charge is 2.39. The minimum absolute atomic E-state index is 0.0438. The van der Waals surface area contributed by atoms with Gasteiger partial charge in [0.05, 0.1) is 29.5 Å². The zero-order valence-corrected chi connectivity index (χ0v) is 28.2. The first-order valence-electron chi connectivity index (χ1n) is 16.9. The van der Waals surface area contributed by atoms with Crippen LogP contribution in [0.4, 0.5) is 20.4 Å². The van der Waals surface area contributed by atoms with Crippen molar-refractivity contribution < 1.29 is 23.1 Å². The van der Waals surface area contributed by atoms with E-state index in [0.717, 1.165) is 74.3 Å². The molecule has 3 aromatic rings. The Balaban J connectivity index is 0.875. The number of rotatable bonds is 11. The summed E-state index contributed by atoms with van der Waals surface area (Å²) in [7, 11) is 1.94. The van der Waals surface area contributed by atoms with E-state index >= 15 is 0 Å². The third-order valence-electron chi connectivity index (χ3n) is 10.2. The summed E-state index contributed by atoms with van der Waals surface area (Å²) in [6.07, 6.45) is 8.89. The van der Waals surface area contributed by atoms with Crippen LogP contribution in [-0.2, 0) is 16.6 Å². The molecule has 15 heteroatoms. The highest BCUT2D eigenvalue weighted by molar-refractivity contribution is 7.97. The summed E-state index contributed by atoms with van der Waals surface area (Å²) >= 11 is 1.94. The largest absolute Gasteiger partial charge is 0.432 e. The quantitative estimate of drug-likeness (QED) is 0.173. The van der Waals surface area contributed by atoms with E-state index in [9.17, 15) is 18.4 Å². The second-order valence-electron chi connectivity index (χ2n) is 13.4. The third-order valence-corrected chi connectivity index (χ3v) is 11.4. The van der Waals surface area contributed by atoms with Crippen molar-refractivity contribution in [2.45, 2.75) is 82.5 Å². The third kappa shape index (κ3) is 7.08. The van der Waals surface area contributed by atoms with Gasteiger partial charge in [-0.25, -0.2) is 9.97 Å². The number of hydrogen-bond acceptors (Lipinski definition) is 11. The number of ether oxygens (including phenoxy) is 1. The molecule has 12 nitrogen and oxygen atoms in total. The molecule has 0 saturated carbocycles. The maximum Gasteiger partial charge on any atom is 0.387 e. The van der Waals surface area contributed by atoms with Crippen LogP contribution < -0.4 is 20.3 Å². The number of piperazine rings is 1. The van der Waals surface area contributed by atoms with Crippen LogP contribution in [0.5, 0.6) is 5.75 Å². The summed E-state index contributed by atoms with van der Waals surface area (Å²) in [5.74, 6) is 0.625. The van der Waals surface area contributed by atoms with E-state index < -0.39 is 12.5 Å². The Bertz CT molecular complexity index is 1630. The molecule has 48 heavy (non-hydrogen) atoms. The van der Waals surface area contributed by atoms with Crippen molar-refractivity contribution in [3.8, 4) is 5.75 Å². The molecule has 1 aromatic carbocycles. The lowest BCUT2D eigenvalue weighted by molar-refractivity contribution is -0.134. The molecule has 5 saturated heterocycles. The number of piperidine rings is 4. The number of hydrogen-bond donors (Lipinski definition) is 2. The van der Waals surface area contributed by atoms with Crippen LogP contribution >= 0.6 is 11.9 Å². The van der Waals surface area contributed by atoms with Crippen molar-refractivity contribution in [3.63, 3.8) is 0 Å². The molecule has 2 aromatic heterocycles. The van der Waals surface area contributed by atoms with Crippen molar-refractivity contribution in [3.05, 3.63) is 35.8 Å². The average molecular weight is 684 g/mol. The smallest absolute Gasteiger partial charge is 0.387 e. The minimum Gasteiger partial charge on any atom is -0.432 e. The number of aromatic nitrogens is 4. The summed E-state index contributed by atoms with van der Waals surface area (Å²) in [5.41, 5.74) is 4.24. The number of benzene rings is 1. The molecule has 8 rings (SSSR count). The molecule has 2 amide bonds. The molecule has 5 aliphatic heterocycles. The number of anilines is 2. The van der Waals surface area contributed by atoms with Gasteiger partial charge < -0.3 is 15.0 Å². The fourth-order valence-corrected chi connectivity index (χ4v) is 8.75. The molecule has 258 valence electrons. The average Bonchev–Trinajstić information content (AvgIpc) is 3.38. The summed E-state index contributed by atoms with van der Waals surface area (Å²) in [6.45, 7) is 4.44. The molecule has 5 fully saturated rings. The lowest BCUT2D eigenvalue weighted by Crippen LogP contribution is -2.63. The van der Waals surface area contributed by atoms with Crippen LogP contribution in [-0.4, -0.2) is 104 Å². The van der Waals surface area contributed by atoms with Gasteiger partial charge in [0, 0.05) is 74.6 Å². The van der Waals surface area contributed by atoms with E-state index in [1.807, 2.05) is 23.7 Å². The van der Waals surface area contributed by atoms with Crippen molar-refractivity contribution in [2.75, 3.05) is 48.7 Å². The Morgan fingerprint density at radius 1 is 1.06 bits per heavy atom. The zero-order chi connectivity index (χ0) is 33.4. The Hall–Kier alpha value is -3.56. The first kappa shape index (κ1) is 33.0. The Labute approximate surface area is 283 Å². The van der Waals surface area contributed by atoms with Crippen LogP contribution in [0.15, 0.2) is 24.5 Å². The topological polar surface area (TPSA) is 121 Å². The number of nitrogens with one attached hydrogen (secondary N) is 2. The van der Waals surface area contributed by atoms with Gasteiger partial charge in [-0.15, -0.1) is 0 Å². The highest BCUT2D eigenvalue weighted by atomic mass is 32.2. The summed E-state index contributed by atoms with van der Waals surface area (Å²) in [6, 6.07) is 5.71. The van der Waals surface area contributed by atoms with Gasteiger partial charge in [0.25, 0.3) is 0 Å². The number of nitrogens with zero attached hydrogens (tertiary/aromatic N) is 7. The van der Waals surface area contributed by atoms with Crippen molar-refractivity contribution in [1.82, 2.24) is 34.3 Å². The second kappa shape index (κ2) is 14.1. The van der Waals surface area contributed by atoms with Crippen LogP contribution in [0.3, 0.4) is 0 Å². The van der Waals surface area contributed by atoms with Gasteiger partial charge in [0.15, 0.2) is 5.75 Å². The zero-order valence-electron chi connectivity index (χ0n) is 27.4. The Morgan fingerprint density at radius 3 is 2.54 bits per heavy atom. The predicted octanol–water partition coefficient (Wildman–Crippen LogP) is 4.06. The van der Waals surface area contributed by atoms with E-state index in [2.05, 4.69) is 58.5 Å². The number of alkyl halides is 2. The Kier molecular flexibility index (Phi) is 9.70. The number of fused-ring (bicyclic) bond motifs is 4. The van der Waals surface area contributed by atoms with Crippen LogP contribution in [0.1, 0.15) is 62.1 Å². The first-order chi connectivity index (χ1) is 23.2. The van der Waals surface area contributed by atoms with Crippen LogP contribution in [0.25, 0.3) is 10.9 Å². The molecule has 3 atom stereocenters. The van der Waals surface area contributed by atoms with Crippen LogP contribution in [0.2, 0.25) is 0 Å². The fraction of sp³-hybridized carbons (Fsp3) is 0.606. The van der Waals surface area contributed by atoms with Crippen LogP contribution in [0, 0.1) is 6.92 Å². The van der Waals surface area contributed by atoms with Gasteiger partial charge in [-0.3, -0.25) is 28.8 Å². The number of imide groups is 1. The monoisotopic (exact) mass is 683 g/mol. The van der Waals surface area contributed by atoms with Crippen molar-refractivity contribution in [1.29, 1.82) is 0 Å². The number of aryl methyl sites for hydroxylation is 2. The van der Waals surface area contributed by atoms with Gasteiger partial charge in [-0.2, -0.15) is 13.9 Å². The predicted molar refractivity (Wildman–Crippen MR) is 180 cm³/mol. The highest BCUT2D eigenvalue weighted by Crippen LogP contribution is 2.38. The first-order valence-corrected chi connectivity index (χ1v) is 17.9. The van der Waals surface area contributed by atoms with Gasteiger partial charge in [0.2, 0.25) is 17.8 Å². The van der Waals surface area contributed by atoms with Crippen molar-refractivity contribution in [2.24, 2.45) is 7.05 Å². The SMILES string of the molecule is Cc1cc2c(C3CCC(=O)NC3=O)nn(C)c2cc1N1CC2CCC1CN2CCCSN1CCC(Nc2ncc(OC(F)F)cn2)CC1. The molecular weight excluding hydrogens is 640 g/mol. The molecule has 0 spiro atoms. The molecule has 7 heterocycles. The summed E-state index contributed by atoms with van der Waals surface area (Å²) in [5, 5.41) is 11.6. The molecule has 0 aliphatic carbocycles. The second-order valence-corrected chi connectivity index (χ2v) is 14.5. The van der Waals surface area contributed by atoms with Gasteiger partial charge in [-0.1, -0.05) is 11.9 Å². The normalized spacial score (nSPS) is 24.1. The number of carbonyl (C=O) groups excluding carboxylic acids is 2. The maximum absolute atomic E-state index is 12.6. The summed E-state index contributed by atoms with van der Waals surface area (Å²) in [4.78, 5) is 37.8. The van der Waals surface area contributed by atoms with E-state index in [0.29, 0.717) is 30.9 Å². The molecule has 0 radical (unpaired) electrons. The van der Waals surface area contributed by atoms with Gasteiger partial charge in [-0.05, 0) is 69.7 Å². The van der Waals surface area contributed by atoms with Crippen molar-refractivity contribution >= 4 is 46.3 Å². The molecule has 5 aliphatic rings. The summed E-state index contributed by atoms with van der Waals surface area (Å²) < 4.78 is 33.3. The standard InChI is InChI=1S/C33H43F2N9O3S/c1-20-14-26-28(41(2)40-30(26)25-6-7-29(45)39-31(25)46)15-27(20)44-19-22-4-5-23(44)18-42(22)10-3-13-48-43-11-8-21(9-12-43)38-33-36-16-24(17-37-33)47-32(34)35/h14-17,21-23,25,32H,3-13,18-19H2,1-2H3,(H,36,37,38)(H,39,45,46). The number of amides is 2. The minimum atomic E-state index is -2.88. The van der Waals surface area contributed by atoms with Gasteiger partial charge in [0.1, 0.15) is 0 Å². The van der Waals surface area contributed by atoms with E-state index in [1.165, 1.54) is 36.5 Å². The fourth-order valence-electron chi connectivity index (χ4n) is 7.76. The lowest BCUT2D eigenvalue weighted by atomic mass is 9.89. The number of carbonyl (C=O) groups is 2. The van der Waals surface area contributed by atoms with E-state index in [-0.39, 0.29) is 23.6 Å². The Morgan fingerprint density at radius 2 is 1.83 bits per heavy atom. The molecule has 2 N–H and O–H groups in total. The molecule has 2 bridgehead atoms. The maximum atomic E-state index is 12.6. The van der Waals surface area contributed by atoms with E-state index in [1.54, 1.807) is 0 Å². The lowest BCUT2D eigenvalue weighted by Gasteiger charge is -2.53. The molecule has 3 unspecified atom stereocenters. The number of halogens is 2.